The molecule has 0 aliphatic carbocycles. The number of nitrogens with one attached hydrogen (secondary N) is 2. The summed E-state index contributed by atoms with van der Waals surface area (Å²) in [6, 6.07) is 2.20. The second kappa shape index (κ2) is 5.44. The summed E-state index contributed by atoms with van der Waals surface area (Å²) in [6.45, 7) is 7.68. The molecule has 1 aliphatic rings. The highest BCUT2D eigenvalue weighted by Gasteiger charge is 2.22. The first-order valence-electron chi connectivity index (χ1n) is 7.41. The number of amides is 1. The highest BCUT2D eigenvalue weighted by Crippen LogP contribution is 2.17. The van der Waals surface area contributed by atoms with E-state index in [0.29, 0.717) is 11.2 Å². The Bertz CT molecular complexity index is 685. The zero-order valence-electron chi connectivity index (χ0n) is 12.7. The first-order chi connectivity index (χ1) is 10.1. The largest absolute Gasteiger partial charge is 0.349 e. The van der Waals surface area contributed by atoms with Gasteiger partial charge in [-0.2, -0.15) is 5.10 Å². The number of nitrogens with zero attached hydrogens (tertiary/aromatic N) is 3. The van der Waals surface area contributed by atoms with Gasteiger partial charge in [0.2, 0.25) is 0 Å². The van der Waals surface area contributed by atoms with Crippen molar-refractivity contribution in [1.82, 2.24) is 25.2 Å². The van der Waals surface area contributed by atoms with Gasteiger partial charge >= 0.3 is 0 Å². The predicted octanol–water partition coefficient (Wildman–Crippen LogP) is 1.14. The lowest BCUT2D eigenvalue weighted by atomic mass is 10.1. The summed E-state index contributed by atoms with van der Waals surface area (Å²) in [6.07, 6.45) is 1.94. The van der Waals surface area contributed by atoms with Crippen LogP contribution < -0.4 is 10.6 Å². The van der Waals surface area contributed by atoms with Gasteiger partial charge in [-0.05, 0) is 52.8 Å². The molecular weight excluding hydrogens is 266 g/mol. The SMILES string of the molecule is Cc1cc(C)n2nc(C)c(C(=O)NC3CCNCC3)c2n1. The van der Waals surface area contributed by atoms with E-state index in [1.54, 1.807) is 4.52 Å². The molecule has 0 bridgehead atoms. The van der Waals surface area contributed by atoms with Crippen molar-refractivity contribution in [2.24, 2.45) is 0 Å². The highest BCUT2D eigenvalue weighted by atomic mass is 16.1. The molecule has 0 unspecified atom stereocenters. The van der Waals surface area contributed by atoms with Gasteiger partial charge in [0, 0.05) is 17.4 Å². The van der Waals surface area contributed by atoms with Crippen LogP contribution in [0.3, 0.4) is 0 Å². The molecule has 0 spiro atoms. The molecule has 6 heteroatoms. The number of carbonyl (C=O) groups is 1. The minimum atomic E-state index is -0.0631. The smallest absolute Gasteiger partial charge is 0.257 e. The monoisotopic (exact) mass is 287 g/mol. The van der Waals surface area contributed by atoms with E-state index >= 15 is 0 Å². The van der Waals surface area contributed by atoms with Gasteiger partial charge in [-0.3, -0.25) is 4.79 Å². The third kappa shape index (κ3) is 2.63. The number of hydrogen-bond acceptors (Lipinski definition) is 4. The maximum absolute atomic E-state index is 12.6. The van der Waals surface area contributed by atoms with Gasteiger partial charge in [0.05, 0.1) is 5.69 Å². The van der Waals surface area contributed by atoms with Gasteiger partial charge in [-0.1, -0.05) is 0 Å². The molecule has 1 saturated heterocycles. The number of piperidine rings is 1. The molecule has 2 aromatic heterocycles. The van der Waals surface area contributed by atoms with E-state index in [-0.39, 0.29) is 11.9 Å². The quantitative estimate of drug-likeness (QED) is 0.869. The van der Waals surface area contributed by atoms with Gasteiger partial charge in [-0.15, -0.1) is 0 Å². The van der Waals surface area contributed by atoms with Crippen LogP contribution in [0.15, 0.2) is 6.07 Å². The summed E-state index contributed by atoms with van der Waals surface area (Å²) < 4.78 is 1.75. The minimum absolute atomic E-state index is 0.0631. The molecule has 1 amide bonds. The molecule has 2 aromatic rings. The zero-order chi connectivity index (χ0) is 15.0. The number of carbonyl (C=O) groups excluding carboxylic acids is 1. The normalized spacial score (nSPS) is 16.3. The van der Waals surface area contributed by atoms with E-state index in [4.69, 9.17) is 0 Å². The number of aromatic nitrogens is 3. The Labute approximate surface area is 123 Å². The van der Waals surface area contributed by atoms with Crippen molar-refractivity contribution in [2.75, 3.05) is 13.1 Å². The third-order valence-corrected chi connectivity index (χ3v) is 3.97. The molecule has 0 aromatic carbocycles. The van der Waals surface area contributed by atoms with Crippen molar-refractivity contribution in [3.8, 4) is 0 Å². The Hall–Kier alpha value is -1.95. The van der Waals surface area contributed by atoms with Crippen molar-refractivity contribution in [3.05, 3.63) is 28.7 Å². The van der Waals surface area contributed by atoms with Crippen LogP contribution >= 0.6 is 0 Å². The minimum Gasteiger partial charge on any atom is -0.349 e. The van der Waals surface area contributed by atoms with Crippen LogP contribution in [0.5, 0.6) is 0 Å². The van der Waals surface area contributed by atoms with Crippen molar-refractivity contribution in [1.29, 1.82) is 0 Å². The van der Waals surface area contributed by atoms with Gasteiger partial charge in [-0.25, -0.2) is 9.50 Å². The fraction of sp³-hybridized carbons (Fsp3) is 0.533. The number of hydrogen-bond donors (Lipinski definition) is 2. The highest BCUT2D eigenvalue weighted by molar-refractivity contribution is 6.01. The molecule has 2 N–H and O–H groups in total. The van der Waals surface area contributed by atoms with Gasteiger partial charge < -0.3 is 10.6 Å². The summed E-state index contributed by atoms with van der Waals surface area (Å²) in [5.74, 6) is -0.0631. The second-order valence-electron chi connectivity index (χ2n) is 5.73. The first kappa shape index (κ1) is 14.0. The van der Waals surface area contributed by atoms with E-state index in [1.807, 2.05) is 26.8 Å². The first-order valence-corrected chi connectivity index (χ1v) is 7.41. The molecule has 0 radical (unpaired) electrons. The van der Waals surface area contributed by atoms with Gasteiger partial charge in [0.15, 0.2) is 5.65 Å². The predicted molar refractivity (Wildman–Crippen MR) is 80.6 cm³/mol. The molecule has 1 aliphatic heterocycles. The van der Waals surface area contributed by atoms with Crippen LogP contribution in [0.2, 0.25) is 0 Å². The molecule has 6 nitrogen and oxygen atoms in total. The van der Waals surface area contributed by atoms with E-state index in [0.717, 1.165) is 43.0 Å². The zero-order valence-corrected chi connectivity index (χ0v) is 12.7. The van der Waals surface area contributed by atoms with Crippen LogP contribution in [0.1, 0.15) is 40.3 Å². The van der Waals surface area contributed by atoms with Gasteiger partial charge in [0.1, 0.15) is 5.56 Å². The lowest BCUT2D eigenvalue weighted by Gasteiger charge is -2.23. The van der Waals surface area contributed by atoms with Crippen molar-refractivity contribution in [3.63, 3.8) is 0 Å². The third-order valence-electron chi connectivity index (χ3n) is 3.97. The molecule has 0 atom stereocenters. The van der Waals surface area contributed by atoms with Crippen LogP contribution in [-0.2, 0) is 0 Å². The van der Waals surface area contributed by atoms with Crippen LogP contribution in [0.25, 0.3) is 5.65 Å². The lowest BCUT2D eigenvalue weighted by molar-refractivity contribution is 0.0930. The van der Waals surface area contributed by atoms with Crippen LogP contribution in [0, 0.1) is 20.8 Å². The van der Waals surface area contributed by atoms with E-state index in [1.165, 1.54) is 0 Å². The van der Waals surface area contributed by atoms with E-state index in [9.17, 15) is 4.79 Å². The van der Waals surface area contributed by atoms with Crippen LogP contribution in [0.4, 0.5) is 0 Å². The Morgan fingerprint density at radius 2 is 2.05 bits per heavy atom. The second-order valence-corrected chi connectivity index (χ2v) is 5.73. The molecule has 112 valence electrons. The Morgan fingerprint density at radius 1 is 1.33 bits per heavy atom. The standard InChI is InChI=1S/C15H21N5O/c1-9-8-10(2)20-14(17-9)13(11(3)19-20)15(21)18-12-4-6-16-7-5-12/h8,12,16H,4-7H2,1-3H3,(H,18,21). The van der Waals surface area contributed by atoms with Crippen molar-refractivity contribution >= 4 is 11.6 Å². The summed E-state index contributed by atoms with van der Waals surface area (Å²) in [5.41, 5.74) is 3.86. The molecular formula is C15H21N5O. The number of aryl methyl sites for hydroxylation is 3. The number of rotatable bonds is 2. The summed E-state index contributed by atoms with van der Waals surface area (Å²) >= 11 is 0. The van der Waals surface area contributed by atoms with E-state index in [2.05, 4.69) is 20.7 Å². The summed E-state index contributed by atoms with van der Waals surface area (Å²) in [5, 5.41) is 10.9. The molecule has 3 rings (SSSR count). The number of fused-ring (bicyclic) bond motifs is 1. The van der Waals surface area contributed by atoms with Crippen molar-refractivity contribution in [2.45, 2.75) is 39.7 Å². The average Bonchev–Trinajstić information content (AvgIpc) is 2.76. The average molecular weight is 287 g/mol. The van der Waals surface area contributed by atoms with Crippen LogP contribution in [-0.4, -0.2) is 39.6 Å². The maximum Gasteiger partial charge on any atom is 0.257 e. The lowest BCUT2D eigenvalue weighted by Crippen LogP contribution is -2.42. The topological polar surface area (TPSA) is 71.3 Å². The summed E-state index contributed by atoms with van der Waals surface area (Å²) in [7, 11) is 0. The summed E-state index contributed by atoms with van der Waals surface area (Å²) in [4.78, 5) is 17.1. The van der Waals surface area contributed by atoms with Crippen molar-refractivity contribution < 1.29 is 4.79 Å². The Kier molecular flexibility index (Phi) is 3.63. The fourth-order valence-electron chi connectivity index (χ4n) is 2.92. The fourth-order valence-corrected chi connectivity index (χ4v) is 2.92. The molecule has 1 fully saturated rings. The molecule has 0 saturated carbocycles. The van der Waals surface area contributed by atoms with Gasteiger partial charge in [0.25, 0.3) is 5.91 Å². The Morgan fingerprint density at radius 3 is 2.76 bits per heavy atom. The maximum atomic E-state index is 12.6. The molecule has 3 heterocycles. The molecule has 21 heavy (non-hydrogen) atoms. The van der Waals surface area contributed by atoms with E-state index < -0.39 is 0 Å². The Balaban J connectivity index is 1.95.